The topological polar surface area (TPSA) is 51.8 Å². The average Bonchev–Trinajstić information content (AvgIpc) is 2.33. The summed E-state index contributed by atoms with van der Waals surface area (Å²) in [7, 11) is 0. The van der Waals surface area contributed by atoms with Crippen LogP contribution in [-0.2, 0) is 0 Å². The lowest BCUT2D eigenvalue weighted by molar-refractivity contribution is 0.417. The highest BCUT2D eigenvalue weighted by molar-refractivity contribution is 5.85. The van der Waals surface area contributed by atoms with Crippen molar-refractivity contribution in [3.63, 3.8) is 0 Å². The molecule has 0 fully saturated rings. The number of hydrogen-bond acceptors (Lipinski definition) is 4. The second-order valence-corrected chi connectivity index (χ2v) is 1.60. The van der Waals surface area contributed by atoms with Gasteiger partial charge in [-0.15, -0.1) is 17.5 Å². The van der Waals surface area contributed by atoms with E-state index in [-0.39, 0.29) is 12.4 Å². The van der Waals surface area contributed by atoms with Crippen LogP contribution in [0.2, 0.25) is 0 Å². The van der Waals surface area contributed by atoms with Crippen LogP contribution in [0.5, 0.6) is 0 Å². The molecular formula is C5H4ClN3O. The Bertz CT molecular complexity index is 291. The first-order valence-corrected chi connectivity index (χ1v) is 2.50. The van der Waals surface area contributed by atoms with Gasteiger partial charge in [-0.05, 0) is 12.1 Å². The molecule has 0 atom stereocenters. The minimum Gasteiger partial charge on any atom is -0.316 e. The molecule has 2 heterocycles. The van der Waals surface area contributed by atoms with Gasteiger partial charge in [0.2, 0.25) is 0 Å². The van der Waals surface area contributed by atoms with Crippen LogP contribution in [0.4, 0.5) is 0 Å². The minimum atomic E-state index is 0. The summed E-state index contributed by atoms with van der Waals surface area (Å²) in [4.78, 5) is 3.85. The zero-order valence-corrected chi connectivity index (χ0v) is 5.71. The smallest absolute Gasteiger partial charge is 0.278 e. The molecule has 0 amide bonds. The molecule has 0 aliphatic rings. The Labute approximate surface area is 62.6 Å². The van der Waals surface area contributed by atoms with Crippen molar-refractivity contribution in [3.8, 4) is 0 Å². The fourth-order valence-electron chi connectivity index (χ4n) is 0.632. The van der Waals surface area contributed by atoms with Gasteiger partial charge in [-0.1, -0.05) is 0 Å². The molecule has 2 aromatic rings. The molecule has 0 aliphatic heterocycles. The maximum atomic E-state index is 4.65. The van der Waals surface area contributed by atoms with E-state index in [1.54, 1.807) is 18.3 Å². The number of aromatic nitrogens is 3. The van der Waals surface area contributed by atoms with E-state index in [1.165, 1.54) is 0 Å². The van der Waals surface area contributed by atoms with Crippen molar-refractivity contribution in [1.29, 1.82) is 0 Å². The number of fused-ring (bicyclic) bond motifs is 1. The molecule has 0 radical (unpaired) electrons. The van der Waals surface area contributed by atoms with E-state index in [2.05, 4.69) is 19.9 Å². The van der Waals surface area contributed by atoms with Crippen LogP contribution < -0.4 is 0 Å². The van der Waals surface area contributed by atoms with Crippen LogP contribution >= 0.6 is 12.4 Å². The van der Waals surface area contributed by atoms with Crippen molar-refractivity contribution in [1.82, 2.24) is 15.4 Å². The van der Waals surface area contributed by atoms with Gasteiger partial charge in [0.25, 0.3) is 5.71 Å². The molecule has 0 unspecified atom stereocenters. The highest BCUT2D eigenvalue weighted by Crippen LogP contribution is 2.02. The third kappa shape index (κ3) is 0.930. The van der Waals surface area contributed by atoms with E-state index in [1.807, 2.05) is 0 Å². The molecular weight excluding hydrogens is 154 g/mol. The van der Waals surface area contributed by atoms with Crippen LogP contribution in [0.3, 0.4) is 0 Å². The van der Waals surface area contributed by atoms with E-state index in [0.29, 0.717) is 11.2 Å². The molecule has 0 spiro atoms. The number of pyridine rings is 1. The van der Waals surface area contributed by atoms with Crippen LogP contribution in [-0.4, -0.2) is 15.4 Å². The summed E-state index contributed by atoms with van der Waals surface area (Å²) in [5.41, 5.74) is 1.18. The Morgan fingerprint density at radius 3 is 3.10 bits per heavy atom. The molecule has 0 bridgehead atoms. The third-order valence-corrected chi connectivity index (χ3v) is 1.03. The van der Waals surface area contributed by atoms with Gasteiger partial charge in [0.1, 0.15) is 0 Å². The Balaban J connectivity index is 0.000000500. The summed E-state index contributed by atoms with van der Waals surface area (Å²) in [5, 5.41) is 6.95. The van der Waals surface area contributed by atoms with Crippen molar-refractivity contribution in [2.45, 2.75) is 0 Å². The molecule has 0 saturated heterocycles. The van der Waals surface area contributed by atoms with Crippen molar-refractivity contribution in [2.24, 2.45) is 0 Å². The molecule has 0 N–H and O–H groups in total. The number of halogens is 1. The summed E-state index contributed by atoms with van der Waals surface area (Å²) in [6, 6.07) is 3.57. The molecule has 0 aromatic carbocycles. The number of nitrogens with zero attached hydrogens (tertiary/aromatic N) is 3. The number of hydrogen-bond donors (Lipinski definition) is 0. The quantitative estimate of drug-likeness (QED) is 0.574. The van der Waals surface area contributed by atoms with Gasteiger partial charge in [-0.3, -0.25) is 0 Å². The largest absolute Gasteiger partial charge is 0.316 e. The number of rotatable bonds is 0. The standard InChI is InChI=1S/C5H3N3O.ClH/c1-2-4-5(6-3-1)9-8-7-4;/h1-3H;1H. The van der Waals surface area contributed by atoms with Crippen LogP contribution in [0.25, 0.3) is 11.2 Å². The highest BCUT2D eigenvalue weighted by atomic mass is 35.5. The summed E-state index contributed by atoms with van der Waals surface area (Å²) in [6.07, 6.45) is 1.63. The molecule has 4 nitrogen and oxygen atoms in total. The molecule has 0 saturated carbocycles. The monoisotopic (exact) mass is 157 g/mol. The highest BCUT2D eigenvalue weighted by Gasteiger charge is 1.95. The second-order valence-electron chi connectivity index (χ2n) is 1.60. The van der Waals surface area contributed by atoms with Gasteiger partial charge in [0, 0.05) is 11.5 Å². The molecule has 52 valence electrons. The Kier molecular flexibility index (Phi) is 1.82. The van der Waals surface area contributed by atoms with Gasteiger partial charge < -0.3 is 4.52 Å². The molecule has 0 aliphatic carbocycles. The fourth-order valence-corrected chi connectivity index (χ4v) is 0.632. The minimum absolute atomic E-state index is 0. The molecule has 2 aromatic heterocycles. The normalized spacial score (nSPS) is 9.20. The van der Waals surface area contributed by atoms with Crippen LogP contribution in [0.1, 0.15) is 0 Å². The van der Waals surface area contributed by atoms with Crippen molar-refractivity contribution < 1.29 is 4.52 Å². The summed E-state index contributed by atoms with van der Waals surface area (Å²) < 4.78 is 4.65. The third-order valence-electron chi connectivity index (χ3n) is 1.03. The zero-order valence-electron chi connectivity index (χ0n) is 4.89. The molecule has 10 heavy (non-hydrogen) atoms. The van der Waals surface area contributed by atoms with E-state index in [9.17, 15) is 0 Å². The first kappa shape index (κ1) is 6.95. The first-order chi connectivity index (χ1) is 4.47. The predicted molar refractivity (Wildman–Crippen MR) is 36.8 cm³/mol. The lowest BCUT2D eigenvalue weighted by Gasteiger charge is -1.76. The molecule has 2 rings (SSSR count). The first-order valence-electron chi connectivity index (χ1n) is 2.50. The van der Waals surface area contributed by atoms with E-state index in [4.69, 9.17) is 0 Å². The predicted octanol–water partition coefficient (Wildman–Crippen LogP) is 1.04. The van der Waals surface area contributed by atoms with Gasteiger partial charge in [-0.2, -0.15) is 0 Å². The maximum absolute atomic E-state index is 4.65. The van der Waals surface area contributed by atoms with Gasteiger partial charge >= 0.3 is 0 Å². The van der Waals surface area contributed by atoms with Crippen LogP contribution in [0.15, 0.2) is 22.9 Å². The Morgan fingerprint density at radius 1 is 1.40 bits per heavy atom. The summed E-state index contributed by atoms with van der Waals surface area (Å²) >= 11 is 0. The van der Waals surface area contributed by atoms with Gasteiger partial charge in [0.15, 0.2) is 5.52 Å². The SMILES string of the molecule is Cl.c1cnc2onnc2c1. The maximum Gasteiger partial charge on any atom is 0.278 e. The van der Waals surface area contributed by atoms with Gasteiger partial charge in [0.05, 0.1) is 0 Å². The fraction of sp³-hybridized carbons (Fsp3) is 0. The Hall–Kier alpha value is -1.16. The van der Waals surface area contributed by atoms with Crippen molar-refractivity contribution in [2.75, 3.05) is 0 Å². The van der Waals surface area contributed by atoms with E-state index in [0.717, 1.165) is 0 Å². The average molecular weight is 158 g/mol. The van der Waals surface area contributed by atoms with E-state index >= 15 is 0 Å². The van der Waals surface area contributed by atoms with E-state index < -0.39 is 0 Å². The van der Waals surface area contributed by atoms with Gasteiger partial charge in [-0.25, -0.2) is 4.98 Å². The lowest BCUT2D eigenvalue weighted by Crippen LogP contribution is -1.69. The summed E-state index contributed by atoms with van der Waals surface area (Å²) in [5.74, 6) is 0. The zero-order chi connectivity index (χ0) is 6.10. The molecule has 5 heteroatoms. The Morgan fingerprint density at radius 2 is 2.30 bits per heavy atom. The summed E-state index contributed by atoms with van der Waals surface area (Å²) in [6.45, 7) is 0. The van der Waals surface area contributed by atoms with Crippen molar-refractivity contribution >= 4 is 23.6 Å². The van der Waals surface area contributed by atoms with Crippen molar-refractivity contribution in [3.05, 3.63) is 18.3 Å². The second kappa shape index (κ2) is 2.62. The lowest BCUT2D eigenvalue weighted by atomic mass is 10.5. The van der Waals surface area contributed by atoms with Crippen LogP contribution in [0, 0.1) is 0 Å².